The van der Waals surface area contributed by atoms with E-state index in [9.17, 15) is 4.79 Å². The number of hydrogen-bond donors (Lipinski definition) is 1. The van der Waals surface area contributed by atoms with Gasteiger partial charge in [0.15, 0.2) is 0 Å². The molecule has 1 saturated carbocycles. The highest BCUT2D eigenvalue weighted by Gasteiger charge is 2.18. The van der Waals surface area contributed by atoms with Gasteiger partial charge in [-0.2, -0.15) is 5.10 Å². The van der Waals surface area contributed by atoms with Crippen molar-refractivity contribution in [3.63, 3.8) is 0 Å². The van der Waals surface area contributed by atoms with Crippen molar-refractivity contribution in [3.05, 3.63) is 0 Å². The summed E-state index contributed by atoms with van der Waals surface area (Å²) in [5, 5.41) is 4.26. The Bertz CT molecular complexity index is 269. The van der Waals surface area contributed by atoms with Crippen molar-refractivity contribution in [2.24, 2.45) is 11.0 Å². The van der Waals surface area contributed by atoms with Gasteiger partial charge in [0.25, 0.3) is 0 Å². The molecule has 0 spiro atoms. The van der Waals surface area contributed by atoms with Crippen molar-refractivity contribution >= 4 is 11.7 Å². The molecule has 0 atom stereocenters. The molecule has 17 heavy (non-hydrogen) atoms. The molecule has 0 aromatic heterocycles. The van der Waals surface area contributed by atoms with E-state index in [1.807, 2.05) is 20.8 Å². The standard InChI is InChI=1S/C13H24N2O2/c1-4-17-13(16)12(10(2)3)15-14-11-8-6-5-7-9-11/h10-11,14H,4-9H2,1-3H3. The van der Waals surface area contributed by atoms with Crippen LogP contribution in [0.1, 0.15) is 52.9 Å². The molecule has 4 heteroatoms. The fraction of sp³-hybridized carbons (Fsp3) is 0.846. The van der Waals surface area contributed by atoms with Gasteiger partial charge in [-0.15, -0.1) is 0 Å². The normalized spacial score (nSPS) is 18.2. The minimum Gasteiger partial charge on any atom is -0.461 e. The van der Waals surface area contributed by atoms with E-state index in [0.29, 0.717) is 18.4 Å². The number of carbonyl (C=O) groups is 1. The average Bonchev–Trinajstić information content (AvgIpc) is 2.30. The average molecular weight is 240 g/mol. The van der Waals surface area contributed by atoms with Crippen LogP contribution in [0.3, 0.4) is 0 Å². The lowest BCUT2D eigenvalue weighted by atomic mass is 9.96. The van der Waals surface area contributed by atoms with Crippen LogP contribution >= 0.6 is 0 Å². The highest BCUT2D eigenvalue weighted by molar-refractivity contribution is 6.37. The van der Waals surface area contributed by atoms with Crippen LogP contribution in [-0.4, -0.2) is 24.3 Å². The summed E-state index contributed by atoms with van der Waals surface area (Å²) in [6.07, 6.45) is 6.12. The maximum absolute atomic E-state index is 11.7. The lowest BCUT2D eigenvalue weighted by Crippen LogP contribution is -2.31. The van der Waals surface area contributed by atoms with Crippen LogP contribution in [-0.2, 0) is 9.53 Å². The molecule has 0 aromatic carbocycles. The predicted molar refractivity (Wildman–Crippen MR) is 68.9 cm³/mol. The van der Waals surface area contributed by atoms with Crippen LogP contribution in [0, 0.1) is 5.92 Å². The lowest BCUT2D eigenvalue weighted by Gasteiger charge is -2.21. The first-order valence-corrected chi connectivity index (χ1v) is 6.65. The minimum absolute atomic E-state index is 0.0881. The first kappa shape index (κ1) is 14.0. The second-order valence-electron chi connectivity index (χ2n) is 4.84. The Hall–Kier alpha value is -1.06. The van der Waals surface area contributed by atoms with E-state index in [1.165, 1.54) is 19.3 Å². The molecule has 0 amide bonds. The Morgan fingerprint density at radius 1 is 1.35 bits per heavy atom. The van der Waals surface area contributed by atoms with Crippen LogP contribution in [0.15, 0.2) is 5.10 Å². The minimum atomic E-state index is -0.300. The number of rotatable bonds is 5. The number of hydrazone groups is 1. The molecule has 0 aromatic rings. The van der Waals surface area contributed by atoms with Gasteiger partial charge in [-0.25, -0.2) is 4.79 Å². The van der Waals surface area contributed by atoms with E-state index in [-0.39, 0.29) is 11.9 Å². The van der Waals surface area contributed by atoms with Gasteiger partial charge in [0.2, 0.25) is 0 Å². The van der Waals surface area contributed by atoms with Gasteiger partial charge >= 0.3 is 5.97 Å². The van der Waals surface area contributed by atoms with Crippen molar-refractivity contribution in [1.82, 2.24) is 5.43 Å². The van der Waals surface area contributed by atoms with E-state index in [1.54, 1.807) is 0 Å². The number of carbonyl (C=O) groups excluding carboxylic acids is 1. The smallest absolute Gasteiger partial charge is 0.354 e. The first-order chi connectivity index (χ1) is 8.15. The summed E-state index contributed by atoms with van der Waals surface area (Å²) < 4.78 is 5.00. The van der Waals surface area contributed by atoms with Crippen molar-refractivity contribution in [1.29, 1.82) is 0 Å². The van der Waals surface area contributed by atoms with Crippen LogP contribution in [0.2, 0.25) is 0 Å². The summed E-state index contributed by atoms with van der Waals surface area (Å²) in [6, 6.07) is 0.423. The number of nitrogens with one attached hydrogen (secondary N) is 1. The van der Waals surface area contributed by atoms with E-state index in [2.05, 4.69) is 10.5 Å². The molecule has 0 aliphatic heterocycles. The number of nitrogens with zero attached hydrogens (tertiary/aromatic N) is 1. The van der Waals surface area contributed by atoms with Gasteiger partial charge in [-0.3, -0.25) is 0 Å². The zero-order valence-corrected chi connectivity index (χ0v) is 11.2. The third kappa shape index (κ3) is 4.75. The van der Waals surface area contributed by atoms with E-state index < -0.39 is 0 Å². The summed E-state index contributed by atoms with van der Waals surface area (Å²) in [6.45, 7) is 6.12. The Balaban J connectivity index is 2.53. The molecule has 1 N–H and O–H groups in total. The molecule has 0 radical (unpaired) electrons. The van der Waals surface area contributed by atoms with Crippen molar-refractivity contribution < 1.29 is 9.53 Å². The zero-order valence-electron chi connectivity index (χ0n) is 11.2. The van der Waals surface area contributed by atoms with Gasteiger partial charge in [-0.05, 0) is 19.8 Å². The molecule has 0 unspecified atom stereocenters. The summed E-state index contributed by atoms with van der Waals surface area (Å²) >= 11 is 0. The van der Waals surface area contributed by atoms with E-state index >= 15 is 0 Å². The van der Waals surface area contributed by atoms with Gasteiger partial charge in [0.1, 0.15) is 5.71 Å². The van der Waals surface area contributed by atoms with Gasteiger partial charge in [-0.1, -0.05) is 33.1 Å². The van der Waals surface area contributed by atoms with Gasteiger partial charge < -0.3 is 10.2 Å². The van der Waals surface area contributed by atoms with E-state index in [0.717, 1.165) is 12.8 Å². The van der Waals surface area contributed by atoms with Crippen LogP contribution in [0.25, 0.3) is 0 Å². The highest BCUT2D eigenvalue weighted by Crippen LogP contribution is 2.17. The molecule has 1 fully saturated rings. The molecule has 4 nitrogen and oxygen atoms in total. The molecule has 0 bridgehead atoms. The predicted octanol–water partition coefficient (Wildman–Crippen LogP) is 2.48. The molecule has 1 aliphatic rings. The summed E-state index contributed by atoms with van der Waals surface area (Å²) in [5.41, 5.74) is 3.63. The summed E-state index contributed by atoms with van der Waals surface area (Å²) in [5.74, 6) is -0.212. The summed E-state index contributed by atoms with van der Waals surface area (Å²) in [4.78, 5) is 11.7. The van der Waals surface area contributed by atoms with Gasteiger partial charge in [0, 0.05) is 12.0 Å². The van der Waals surface area contributed by atoms with Crippen molar-refractivity contribution in [2.45, 2.75) is 58.9 Å². The third-order valence-corrected chi connectivity index (χ3v) is 3.00. The molecule has 1 aliphatic carbocycles. The number of ether oxygens (including phenoxy) is 1. The molecular formula is C13H24N2O2. The van der Waals surface area contributed by atoms with Crippen LogP contribution in [0.5, 0.6) is 0 Å². The van der Waals surface area contributed by atoms with Crippen molar-refractivity contribution in [2.75, 3.05) is 6.61 Å². The Morgan fingerprint density at radius 3 is 2.53 bits per heavy atom. The SMILES string of the molecule is CCOC(=O)C(=NNC1CCCCC1)C(C)C. The molecule has 1 rings (SSSR count). The Morgan fingerprint density at radius 2 is 2.00 bits per heavy atom. The molecule has 0 saturated heterocycles. The fourth-order valence-corrected chi connectivity index (χ4v) is 2.01. The molecular weight excluding hydrogens is 216 g/mol. The maximum Gasteiger partial charge on any atom is 0.354 e. The van der Waals surface area contributed by atoms with E-state index in [4.69, 9.17) is 4.74 Å². The highest BCUT2D eigenvalue weighted by atomic mass is 16.5. The quantitative estimate of drug-likeness (QED) is 0.456. The topological polar surface area (TPSA) is 50.7 Å². The second-order valence-corrected chi connectivity index (χ2v) is 4.84. The summed E-state index contributed by atoms with van der Waals surface area (Å²) in [7, 11) is 0. The Labute approximate surface area is 104 Å². The van der Waals surface area contributed by atoms with Gasteiger partial charge in [0.05, 0.1) is 6.61 Å². The second kappa shape index (κ2) is 7.30. The third-order valence-electron chi connectivity index (χ3n) is 3.00. The largest absolute Gasteiger partial charge is 0.461 e. The monoisotopic (exact) mass is 240 g/mol. The maximum atomic E-state index is 11.7. The van der Waals surface area contributed by atoms with Crippen LogP contribution < -0.4 is 5.43 Å². The first-order valence-electron chi connectivity index (χ1n) is 6.65. The molecule has 98 valence electrons. The van der Waals surface area contributed by atoms with Crippen LogP contribution in [0.4, 0.5) is 0 Å². The number of hydrogen-bond acceptors (Lipinski definition) is 4. The van der Waals surface area contributed by atoms with Crippen molar-refractivity contribution in [3.8, 4) is 0 Å². The fourth-order valence-electron chi connectivity index (χ4n) is 2.01. The zero-order chi connectivity index (χ0) is 12.7. The lowest BCUT2D eigenvalue weighted by molar-refractivity contribution is -0.135. The Kier molecular flexibility index (Phi) is 6.01. The molecule has 0 heterocycles. The number of esters is 1.